The fraction of sp³-hybridized carbons (Fsp3) is 0.0909. The van der Waals surface area contributed by atoms with Crippen LogP contribution in [0.4, 0.5) is 10.1 Å². The zero-order valence-corrected chi connectivity index (χ0v) is 10.3. The molecule has 0 saturated carbocycles. The quantitative estimate of drug-likeness (QED) is 0.363. The molecule has 0 bridgehead atoms. The van der Waals surface area contributed by atoms with E-state index in [0.717, 1.165) is 12.1 Å². The van der Waals surface area contributed by atoms with Crippen LogP contribution in [0.25, 0.3) is 21.3 Å². The number of halogens is 2. The number of aromatic nitrogens is 1. The minimum Gasteiger partial charge on any atom is -0.465 e. The van der Waals surface area contributed by atoms with Gasteiger partial charge in [0.25, 0.3) is 0 Å². The molecule has 0 aliphatic rings. The molecule has 0 radical (unpaired) electrons. The molecule has 0 unspecified atom stereocenters. The molecule has 1 aromatic heterocycles. The topological polar surface area (TPSA) is 88.0 Å². The summed E-state index contributed by atoms with van der Waals surface area (Å²) in [6.07, 6.45) is 1.17. The van der Waals surface area contributed by atoms with Crippen LogP contribution in [0, 0.1) is 5.82 Å². The van der Waals surface area contributed by atoms with Crippen molar-refractivity contribution in [3.8, 4) is 0 Å². The van der Waals surface area contributed by atoms with Crippen molar-refractivity contribution < 1.29 is 13.9 Å². The van der Waals surface area contributed by atoms with Crippen molar-refractivity contribution in [3.63, 3.8) is 0 Å². The molecule has 0 aliphatic heterocycles. The van der Waals surface area contributed by atoms with Gasteiger partial charge >= 0.3 is 5.97 Å². The Balaban J connectivity index is 2.91. The molecule has 0 spiro atoms. The van der Waals surface area contributed by atoms with E-state index in [1.54, 1.807) is 0 Å². The van der Waals surface area contributed by atoms with Crippen LogP contribution in [-0.4, -0.2) is 18.1 Å². The van der Waals surface area contributed by atoms with Crippen LogP contribution >= 0.6 is 11.6 Å². The number of ether oxygens (including phenoxy) is 1. The van der Waals surface area contributed by atoms with E-state index >= 15 is 0 Å². The molecule has 2 rings (SSSR count). The van der Waals surface area contributed by atoms with Crippen LogP contribution in [0.1, 0.15) is 10.4 Å². The van der Waals surface area contributed by atoms with Gasteiger partial charge in [0.2, 0.25) is 0 Å². The first-order valence-electron chi connectivity index (χ1n) is 4.99. The maximum absolute atomic E-state index is 13.4. The normalized spacial score (nSPS) is 10.1. The highest BCUT2D eigenvalue weighted by Gasteiger charge is 2.17. The number of fused-ring (bicyclic) bond motifs is 1. The van der Waals surface area contributed by atoms with Gasteiger partial charge in [-0.15, -0.1) is 0 Å². The van der Waals surface area contributed by atoms with Gasteiger partial charge in [-0.2, -0.15) is 0 Å². The molecule has 19 heavy (non-hydrogen) atoms. The number of carbonyl (C=O) groups excluding carboxylic acids is 1. The third kappa shape index (κ3) is 2.29. The molecule has 0 N–H and O–H groups in total. The average Bonchev–Trinajstić information content (AvgIpc) is 2.38. The summed E-state index contributed by atoms with van der Waals surface area (Å²) in [7, 11) is 1.17. The first-order valence-corrected chi connectivity index (χ1v) is 5.37. The molecule has 0 saturated heterocycles. The summed E-state index contributed by atoms with van der Waals surface area (Å²) in [5, 5.41) is 3.60. The zero-order chi connectivity index (χ0) is 14.0. The van der Waals surface area contributed by atoms with Crippen molar-refractivity contribution >= 4 is 34.2 Å². The Hall–Kier alpha value is -2.37. The SMILES string of the molecule is COC(=O)c1cnc2c(Cl)cc(F)cc2c1N=[N+]=[N-]. The lowest BCUT2D eigenvalue weighted by molar-refractivity contribution is 0.0601. The molecule has 6 nitrogen and oxygen atoms in total. The van der Waals surface area contributed by atoms with E-state index in [4.69, 9.17) is 17.1 Å². The van der Waals surface area contributed by atoms with Crippen LogP contribution in [-0.2, 0) is 4.74 Å². The highest BCUT2D eigenvalue weighted by Crippen LogP contribution is 2.33. The highest BCUT2D eigenvalue weighted by atomic mass is 35.5. The third-order valence-corrected chi connectivity index (χ3v) is 2.70. The van der Waals surface area contributed by atoms with Gasteiger partial charge in [-0.25, -0.2) is 9.18 Å². The monoisotopic (exact) mass is 280 g/mol. The lowest BCUT2D eigenvalue weighted by Crippen LogP contribution is -2.03. The van der Waals surface area contributed by atoms with Gasteiger partial charge in [-0.1, -0.05) is 16.7 Å². The van der Waals surface area contributed by atoms with Gasteiger partial charge in [-0.3, -0.25) is 4.98 Å². The van der Waals surface area contributed by atoms with E-state index in [0.29, 0.717) is 0 Å². The number of esters is 1. The number of azide groups is 1. The molecule has 96 valence electrons. The molecule has 8 heteroatoms. The summed E-state index contributed by atoms with van der Waals surface area (Å²) in [6.45, 7) is 0. The maximum Gasteiger partial charge on any atom is 0.339 e. The lowest BCUT2D eigenvalue weighted by atomic mass is 10.1. The van der Waals surface area contributed by atoms with Crippen LogP contribution in [0.15, 0.2) is 23.4 Å². The van der Waals surface area contributed by atoms with Gasteiger partial charge in [-0.05, 0) is 17.7 Å². The van der Waals surface area contributed by atoms with Crippen LogP contribution in [0.2, 0.25) is 5.02 Å². The van der Waals surface area contributed by atoms with Crippen molar-refractivity contribution in [2.75, 3.05) is 7.11 Å². The molecular weight excluding hydrogens is 275 g/mol. The molecule has 1 heterocycles. The summed E-state index contributed by atoms with van der Waals surface area (Å²) in [5.41, 5.74) is 8.66. The fourth-order valence-electron chi connectivity index (χ4n) is 1.62. The summed E-state index contributed by atoms with van der Waals surface area (Å²) >= 11 is 5.85. The average molecular weight is 281 g/mol. The second kappa shape index (κ2) is 5.09. The number of methoxy groups -OCH3 is 1. The van der Waals surface area contributed by atoms with Crippen molar-refractivity contribution in [1.82, 2.24) is 4.98 Å². The fourth-order valence-corrected chi connectivity index (χ4v) is 1.88. The van der Waals surface area contributed by atoms with E-state index in [-0.39, 0.29) is 27.2 Å². The minimum atomic E-state index is -0.739. The second-order valence-corrected chi connectivity index (χ2v) is 3.89. The lowest BCUT2D eigenvalue weighted by Gasteiger charge is -2.07. The molecule has 0 amide bonds. The molecule has 0 aliphatic carbocycles. The van der Waals surface area contributed by atoms with E-state index in [9.17, 15) is 9.18 Å². The first-order chi connectivity index (χ1) is 9.08. The van der Waals surface area contributed by atoms with E-state index < -0.39 is 11.8 Å². The maximum atomic E-state index is 13.4. The van der Waals surface area contributed by atoms with Crippen LogP contribution in [0.5, 0.6) is 0 Å². The Morgan fingerprint density at radius 3 is 2.95 bits per heavy atom. The number of hydrogen-bond donors (Lipinski definition) is 0. The molecule has 0 fully saturated rings. The molecule has 1 aromatic carbocycles. The smallest absolute Gasteiger partial charge is 0.339 e. The number of pyridine rings is 1. The predicted molar refractivity (Wildman–Crippen MR) is 66.9 cm³/mol. The second-order valence-electron chi connectivity index (χ2n) is 3.49. The van der Waals surface area contributed by atoms with Gasteiger partial charge in [0.15, 0.2) is 0 Å². The van der Waals surface area contributed by atoms with Crippen LogP contribution < -0.4 is 0 Å². The Kier molecular flexibility index (Phi) is 3.50. The van der Waals surface area contributed by atoms with Gasteiger partial charge in [0, 0.05) is 16.5 Å². The van der Waals surface area contributed by atoms with Gasteiger partial charge < -0.3 is 4.74 Å². The number of carbonyl (C=O) groups is 1. The summed E-state index contributed by atoms with van der Waals surface area (Å²) in [5.74, 6) is -1.37. The zero-order valence-electron chi connectivity index (χ0n) is 9.59. The molecular formula is C11H6ClFN4O2. The third-order valence-electron chi connectivity index (χ3n) is 2.41. The summed E-state index contributed by atoms with van der Waals surface area (Å²) in [4.78, 5) is 18.1. The standard InChI is InChI=1S/C11H6ClFN4O2/c1-19-11(18)7-4-15-10-6(9(7)16-17-14)2-5(13)3-8(10)12/h2-4H,1H3. The van der Waals surface area contributed by atoms with Gasteiger partial charge in [0.05, 0.1) is 28.9 Å². The summed E-state index contributed by atoms with van der Waals surface area (Å²) in [6, 6.07) is 2.17. The largest absolute Gasteiger partial charge is 0.465 e. The van der Waals surface area contributed by atoms with E-state index in [2.05, 4.69) is 19.7 Å². The van der Waals surface area contributed by atoms with Crippen molar-refractivity contribution in [1.29, 1.82) is 0 Å². The van der Waals surface area contributed by atoms with E-state index in [1.165, 1.54) is 13.3 Å². The van der Waals surface area contributed by atoms with Crippen LogP contribution in [0.3, 0.4) is 0 Å². The number of hydrogen-bond acceptors (Lipinski definition) is 4. The van der Waals surface area contributed by atoms with Crippen molar-refractivity contribution in [2.24, 2.45) is 5.11 Å². The van der Waals surface area contributed by atoms with Crippen molar-refractivity contribution in [2.45, 2.75) is 0 Å². The number of nitrogens with zero attached hydrogens (tertiary/aromatic N) is 4. The Bertz CT molecular complexity index is 728. The highest BCUT2D eigenvalue weighted by molar-refractivity contribution is 6.35. The Labute approximate surface area is 111 Å². The Morgan fingerprint density at radius 1 is 1.58 bits per heavy atom. The first kappa shape index (κ1) is 13.1. The molecule has 2 aromatic rings. The predicted octanol–water partition coefficient (Wildman–Crippen LogP) is 3.76. The number of benzene rings is 1. The Morgan fingerprint density at radius 2 is 2.32 bits per heavy atom. The van der Waals surface area contributed by atoms with Gasteiger partial charge in [0.1, 0.15) is 5.82 Å². The minimum absolute atomic E-state index is 0.0563. The van der Waals surface area contributed by atoms with E-state index in [1.807, 2.05) is 0 Å². The molecule has 0 atom stereocenters. The van der Waals surface area contributed by atoms with Crippen molar-refractivity contribution in [3.05, 3.63) is 45.2 Å². The summed E-state index contributed by atoms with van der Waals surface area (Å²) < 4.78 is 17.9. The number of rotatable bonds is 2.